The zero-order valence-corrected chi connectivity index (χ0v) is 11.8. The number of nitrogens with two attached hydrogens (primary N) is 1. The van der Waals surface area contributed by atoms with Crippen molar-refractivity contribution in [3.8, 4) is 0 Å². The van der Waals surface area contributed by atoms with Crippen molar-refractivity contribution < 1.29 is 4.39 Å². The smallest absolute Gasteiger partial charge is 0.128 e. The first-order valence-corrected chi connectivity index (χ1v) is 7.15. The van der Waals surface area contributed by atoms with Gasteiger partial charge in [-0.25, -0.2) is 9.37 Å². The Morgan fingerprint density at radius 2 is 2.10 bits per heavy atom. The number of nitrogens with zero attached hydrogens (tertiary/aromatic N) is 2. The zero-order valence-electron chi connectivity index (χ0n) is 11.8. The summed E-state index contributed by atoms with van der Waals surface area (Å²) in [5.74, 6) is 0.599. The van der Waals surface area contributed by atoms with Crippen LogP contribution < -0.4 is 16.0 Å². The Morgan fingerprint density at radius 3 is 2.81 bits per heavy atom. The van der Waals surface area contributed by atoms with Crippen LogP contribution in [0.15, 0.2) is 42.6 Å². The van der Waals surface area contributed by atoms with Crippen LogP contribution in [0.2, 0.25) is 0 Å². The second kappa shape index (κ2) is 6.10. The summed E-state index contributed by atoms with van der Waals surface area (Å²) in [5.41, 5.74) is 8.10. The molecule has 4 nitrogen and oxygen atoms in total. The highest BCUT2D eigenvalue weighted by molar-refractivity contribution is 5.54. The lowest BCUT2D eigenvalue weighted by Gasteiger charge is -2.18. The lowest BCUT2D eigenvalue weighted by atomic mass is 10.2. The minimum atomic E-state index is -0.218. The average Bonchev–Trinajstić information content (AvgIpc) is 2.94. The molecule has 0 spiro atoms. The molecule has 5 heteroatoms. The Morgan fingerprint density at radius 1 is 1.29 bits per heavy atom. The van der Waals surface area contributed by atoms with Gasteiger partial charge in [0.05, 0.1) is 0 Å². The van der Waals surface area contributed by atoms with Crippen molar-refractivity contribution >= 4 is 11.5 Å². The van der Waals surface area contributed by atoms with Crippen molar-refractivity contribution in [2.45, 2.75) is 19.0 Å². The summed E-state index contributed by atoms with van der Waals surface area (Å²) >= 11 is 0. The minimum Gasteiger partial charge on any atom is -0.370 e. The summed E-state index contributed by atoms with van der Waals surface area (Å²) in [6, 6.07) is 10.8. The SMILES string of the molecule is N[C@H]1CCN(c2ccnc(NCc3ccc(F)cc3)c2)C1. The molecule has 1 aliphatic heterocycles. The average molecular weight is 286 g/mol. The van der Waals surface area contributed by atoms with Crippen molar-refractivity contribution in [3.05, 3.63) is 54.0 Å². The molecular formula is C16H19FN4. The summed E-state index contributed by atoms with van der Waals surface area (Å²) in [4.78, 5) is 6.59. The Labute approximate surface area is 123 Å². The van der Waals surface area contributed by atoms with Crippen LogP contribution in [0.1, 0.15) is 12.0 Å². The van der Waals surface area contributed by atoms with Crippen LogP contribution in [0.25, 0.3) is 0 Å². The predicted octanol–water partition coefficient (Wildman–Crippen LogP) is 2.37. The number of benzene rings is 1. The van der Waals surface area contributed by atoms with Gasteiger partial charge < -0.3 is 16.0 Å². The molecule has 21 heavy (non-hydrogen) atoms. The van der Waals surface area contributed by atoms with Gasteiger partial charge in [0.25, 0.3) is 0 Å². The van der Waals surface area contributed by atoms with Crippen LogP contribution in [0.4, 0.5) is 15.9 Å². The normalized spacial score (nSPS) is 18.0. The molecule has 2 aromatic rings. The number of pyridine rings is 1. The Bertz CT molecular complexity index is 599. The Kier molecular flexibility index (Phi) is 4.01. The van der Waals surface area contributed by atoms with E-state index in [9.17, 15) is 4.39 Å². The van der Waals surface area contributed by atoms with E-state index in [0.29, 0.717) is 6.54 Å². The number of halogens is 1. The monoisotopic (exact) mass is 286 g/mol. The van der Waals surface area contributed by atoms with E-state index in [1.54, 1.807) is 18.3 Å². The van der Waals surface area contributed by atoms with Crippen LogP contribution in [0.3, 0.4) is 0 Å². The van der Waals surface area contributed by atoms with Crippen LogP contribution in [-0.4, -0.2) is 24.1 Å². The summed E-state index contributed by atoms with van der Waals surface area (Å²) in [5, 5.41) is 3.26. The van der Waals surface area contributed by atoms with Gasteiger partial charge >= 0.3 is 0 Å². The fourth-order valence-electron chi connectivity index (χ4n) is 2.53. The van der Waals surface area contributed by atoms with Crippen LogP contribution in [-0.2, 0) is 6.54 Å². The van der Waals surface area contributed by atoms with Crippen molar-refractivity contribution in [2.75, 3.05) is 23.3 Å². The van der Waals surface area contributed by atoms with E-state index < -0.39 is 0 Å². The van der Waals surface area contributed by atoms with E-state index in [-0.39, 0.29) is 11.9 Å². The molecule has 3 rings (SSSR count). The molecule has 110 valence electrons. The quantitative estimate of drug-likeness (QED) is 0.906. The van der Waals surface area contributed by atoms with E-state index >= 15 is 0 Å². The van der Waals surface area contributed by atoms with Gasteiger partial charge in [-0.15, -0.1) is 0 Å². The number of hydrogen-bond donors (Lipinski definition) is 2. The van der Waals surface area contributed by atoms with Gasteiger partial charge in [-0.2, -0.15) is 0 Å². The van der Waals surface area contributed by atoms with Crippen molar-refractivity contribution in [1.29, 1.82) is 0 Å². The molecule has 1 aromatic carbocycles. The molecule has 1 aromatic heterocycles. The topological polar surface area (TPSA) is 54.2 Å². The van der Waals surface area contributed by atoms with Crippen LogP contribution >= 0.6 is 0 Å². The number of nitrogens with one attached hydrogen (secondary N) is 1. The van der Waals surface area contributed by atoms with Gasteiger partial charge in [0.15, 0.2) is 0 Å². The van der Waals surface area contributed by atoms with E-state index in [1.165, 1.54) is 12.1 Å². The minimum absolute atomic E-state index is 0.218. The van der Waals surface area contributed by atoms with E-state index in [1.807, 2.05) is 12.1 Å². The van der Waals surface area contributed by atoms with E-state index in [2.05, 4.69) is 15.2 Å². The predicted molar refractivity (Wildman–Crippen MR) is 82.8 cm³/mol. The van der Waals surface area contributed by atoms with E-state index in [0.717, 1.165) is 36.6 Å². The molecule has 1 saturated heterocycles. The molecule has 0 saturated carbocycles. The fourth-order valence-corrected chi connectivity index (χ4v) is 2.53. The van der Waals surface area contributed by atoms with Gasteiger partial charge in [-0.1, -0.05) is 12.1 Å². The van der Waals surface area contributed by atoms with Gasteiger partial charge in [0.2, 0.25) is 0 Å². The Balaban J connectivity index is 1.64. The molecule has 1 fully saturated rings. The zero-order chi connectivity index (χ0) is 14.7. The third-order valence-corrected chi connectivity index (χ3v) is 3.72. The van der Waals surface area contributed by atoms with Crippen LogP contribution in [0.5, 0.6) is 0 Å². The molecule has 0 unspecified atom stereocenters. The second-order valence-electron chi connectivity index (χ2n) is 5.37. The third kappa shape index (κ3) is 3.49. The molecular weight excluding hydrogens is 267 g/mol. The van der Waals surface area contributed by atoms with Crippen molar-refractivity contribution in [3.63, 3.8) is 0 Å². The molecule has 0 amide bonds. The van der Waals surface area contributed by atoms with E-state index in [4.69, 9.17) is 5.73 Å². The first kappa shape index (κ1) is 13.8. The maximum Gasteiger partial charge on any atom is 0.128 e. The van der Waals surface area contributed by atoms with Gasteiger partial charge in [0.1, 0.15) is 11.6 Å². The van der Waals surface area contributed by atoms with Crippen molar-refractivity contribution in [2.24, 2.45) is 5.73 Å². The first-order valence-electron chi connectivity index (χ1n) is 7.15. The Hall–Kier alpha value is -2.14. The van der Waals surface area contributed by atoms with Gasteiger partial charge in [-0.3, -0.25) is 0 Å². The summed E-state index contributed by atoms with van der Waals surface area (Å²) in [6.45, 7) is 2.50. The molecule has 0 bridgehead atoms. The first-order chi connectivity index (χ1) is 10.2. The maximum absolute atomic E-state index is 12.9. The number of anilines is 2. The highest BCUT2D eigenvalue weighted by atomic mass is 19.1. The highest BCUT2D eigenvalue weighted by Gasteiger charge is 2.19. The lowest BCUT2D eigenvalue weighted by Crippen LogP contribution is -2.26. The maximum atomic E-state index is 12.9. The van der Waals surface area contributed by atoms with Crippen molar-refractivity contribution in [1.82, 2.24) is 4.98 Å². The summed E-state index contributed by atoms with van der Waals surface area (Å²) < 4.78 is 12.9. The molecule has 2 heterocycles. The molecule has 1 atom stereocenters. The highest BCUT2D eigenvalue weighted by Crippen LogP contribution is 2.21. The second-order valence-corrected chi connectivity index (χ2v) is 5.37. The molecule has 3 N–H and O–H groups in total. The largest absolute Gasteiger partial charge is 0.370 e. The summed E-state index contributed by atoms with van der Waals surface area (Å²) in [7, 11) is 0. The number of rotatable bonds is 4. The van der Waals surface area contributed by atoms with Gasteiger partial charge in [0, 0.05) is 43.6 Å². The number of aromatic nitrogens is 1. The summed E-state index contributed by atoms with van der Waals surface area (Å²) in [6.07, 6.45) is 2.83. The van der Waals surface area contributed by atoms with Crippen LogP contribution in [0, 0.1) is 5.82 Å². The van der Waals surface area contributed by atoms with Gasteiger partial charge in [-0.05, 0) is 30.2 Å². The fraction of sp³-hybridized carbons (Fsp3) is 0.312. The molecule has 0 aliphatic carbocycles. The third-order valence-electron chi connectivity index (χ3n) is 3.72. The number of hydrogen-bond acceptors (Lipinski definition) is 4. The molecule has 1 aliphatic rings. The molecule has 0 radical (unpaired) electrons. The standard InChI is InChI=1S/C16H19FN4/c17-13-3-1-12(2-4-13)10-20-16-9-15(5-7-19-16)21-8-6-14(18)11-21/h1-5,7,9,14H,6,8,10-11,18H2,(H,19,20)/t14-/m0/s1. The lowest BCUT2D eigenvalue weighted by molar-refractivity contribution is 0.627.